The van der Waals surface area contributed by atoms with E-state index < -0.39 is 23.5 Å². The average molecular weight is 347 g/mol. The highest BCUT2D eigenvalue weighted by molar-refractivity contribution is 6.09. The minimum absolute atomic E-state index is 0.170. The molecule has 0 aliphatic carbocycles. The zero-order valence-electron chi connectivity index (χ0n) is 14.4. The number of benzene rings is 1. The van der Waals surface area contributed by atoms with Crippen LogP contribution in [0.1, 0.15) is 26.3 Å². The van der Waals surface area contributed by atoms with E-state index in [4.69, 9.17) is 9.47 Å². The number of nitrogens with zero attached hydrogens (tertiary/aromatic N) is 1. The molecule has 25 heavy (non-hydrogen) atoms. The van der Waals surface area contributed by atoms with E-state index in [-0.39, 0.29) is 19.1 Å². The topological polar surface area (TPSA) is 97.0 Å². The summed E-state index contributed by atoms with van der Waals surface area (Å²) in [7, 11) is 0. The number of fused-ring (bicyclic) bond motifs is 1. The molecule has 8 nitrogen and oxygen atoms in total. The third-order valence-corrected chi connectivity index (χ3v) is 4.40. The first kappa shape index (κ1) is 17.1. The molecule has 2 N–H and O–H groups in total. The summed E-state index contributed by atoms with van der Waals surface area (Å²) in [6.45, 7) is 5.57. The van der Waals surface area contributed by atoms with Crippen LogP contribution >= 0.6 is 0 Å². The number of imide groups is 1. The molecule has 0 unspecified atom stereocenters. The molecule has 1 aromatic carbocycles. The van der Waals surface area contributed by atoms with Crippen molar-refractivity contribution in [2.24, 2.45) is 0 Å². The second-order valence-electron chi connectivity index (χ2n) is 6.37. The zero-order chi connectivity index (χ0) is 18.2. The molecule has 3 rings (SSSR count). The Morgan fingerprint density at radius 3 is 2.80 bits per heavy atom. The van der Waals surface area contributed by atoms with Gasteiger partial charge in [-0.3, -0.25) is 9.59 Å². The molecule has 2 heterocycles. The van der Waals surface area contributed by atoms with Crippen LogP contribution in [0, 0.1) is 0 Å². The molecule has 1 aromatic rings. The fourth-order valence-corrected chi connectivity index (χ4v) is 3.08. The first-order chi connectivity index (χ1) is 11.9. The van der Waals surface area contributed by atoms with Gasteiger partial charge >= 0.3 is 6.03 Å². The number of carbonyl (C=O) groups is 3. The van der Waals surface area contributed by atoms with E-state index in [1.165, 1.54) is 6.92 Å². The Kier molecular flexibility index (Phi) is 4.28. The number of carbonyl (C=O) groups excluding carboxylic acids is 3. The second-order valence-corrected chi connectivity index (χ2v) is 6.37. The fraction of sp³-hybridized carbons (Fsp3) is 0.471. The summed E-state index contributed by atoms with van der Waals surface area (Å²) in [5.74, 6) is 0.486. The number of amides is 4. The summed E-state index contributed by atoms with van der Waals surface area (Å²) >= 11 is 0. The van der Waals surface area contributed by atoms with E-state index in [0.29, 0.717) is 18.0 Å². The molecule has 1 saturated heterocycles. The summed E-state index contributed by atoms with van der Waals surface area (Å²) in [4.78, 5) is 38.1. The van der Waals surface area contributed by atoms with Gasteiger partial charge in [-0.15, -0.1) is 0 Å². The van der Waals surface area contributed by atoms with E-state index in [2.05, 4.69) is 10.6 Å². The SMILES string of the molecule is CCNC(=O)[C@H](C)N1C(=O)N[C@@](C)(Cc2ccc3c(c2)OCO3)C1=O. The van der Waals surface area contributed by atoms with Crippen molar-refractivity contribution in [1.29, 1.82) is 0 Å². The zero-order valence-corrected chi connectivity index (χ0v) is 14.4. The number of nitrogens with one attached hydrogen (secondary N) is 2. The van der Waals surface area contributed by atoms with Crippen LogP contribution in [0.2, 0.25) is 0 Å². The Hall–Kier alpha value is -2.77. The second kappa shape index (κ2) is 6.27. The monoisotopic (exact) mass is 347 g/mol. The van der Waals surface area contributed by atoms with Crippen molar-refractivity contribution in [3.8, 4) is 11.5 Å². The lowest BCUT2D eigenvalue weighted by Crippen LogP contribution is -2.50. The Labute approximate surface area is 145 Å². The van der Waals surface area contributed by atoms with E-state index in [1.807, 2.05) is 6.07 Å². The van der Waals surface area contributed by atoms with Crippen molar-refractivity contribution in [3.63, 3.8) is 0 Å². The van der Waals surface area contributed by atoms with Crippen molar-refractivity contribution >= 4 is 17.8 Å². The molecule has 0 spiro atoms. The van der Waals surface area contributed by atoms with E-state index in [9.17, 15) is 14.4 Å². The molecular weight excluding hydrogens is 326 g/mol. The molecule has 0 radical (unpaired) electrons. The van der Waals surface area contributed by atoms with Crippen molar-refractivity contribution in [2.45, 2.75) is 38.8 Å². The summed E-state index contributed by atoms with van der Waals surface area (Å²) in [5.41, 5.74) is -0.293. The quantitative estimate of drug-likeness (QED) is 0.768. The molecule has 2 atom stereocenters. The van der Waals surface area contributed by atoms with E-state index >= 15 is 0 Å². The number of ether oxygens (including phenoxy) is 2. The fourth-order valence-electron chi connectivity index (χ4n) is 3.08. The normalized spacial score (nSPS) is 22.8. The minimum atomic E-state index is -1.12. The third-order valence-electron chi connectivity index (χ3n) is 4.40. The van der Waals surface area contributed by atoms with Crippen LogP contribution in [-0.2, 0) is 16.0 Å². The number of rotatable bonds is 5. The van der Waals surface area contributed by atoms with Crippen molar-refractivity contribution in [3.05, 3.63) is 23.8 Å². The maximum Gasteiger partial charge on any atom is 0.325 e. The van der Waals surface area contributed by atoms with Crippen LogP contribution in [0.25, 0.3) is 0 Å². The van der Waals surface area contributed by atoms with Gasteiger partial charge in [-0.25, -0.2) is 9.69 Å². The molecule has 2 aliphatic rings. The van der Waals surface area contributed by atoms with E-state index in [0.717, 1.165) is 10.5 Å². The molecule has 134 valence electrons. The smallest absolute Gasteiger partial charge is 0.325 e. The molecule has 0 bridgehead atoms. The first-order valence-electron chi connectivity index (χ1n) is 8.18. The number of urea groups is 1. The highest BCUT2D eigenvalue weighted by atomic mass is 16.7. The van der Waals surface area contributed by atoms with Crippen LogP contribution in [0.3, 0.4) is 0 Å². The molecule has 2 aliphatic heterocycles. The maximum atomic E-state index is 12.8. The van der Waals surface area contributed by atoms with Gasteiger partial charge in [-0.05, 0) is 38.5 Å². The molecule has 0 aromatic heterocycles. The Morgan fingerprint density at radius 1 is 1.36 bits per heavy atom. The standard InChI is InChI=1S/C17H21N3O5/c1-4-18-14(21)10(2)20-15(22)17(3,19-16(20)23)8-11-5-6-12-13(7-11)25-9-24-12/h5-7,10H,4,8-9H2,1-3H3,(H,18,21)(H,19,23)/t10-,17-/m0/s1. The van der Waals surface area contributed by atoms with Crippen molar-refractivity contribution < 1.29 is 23.9 Å². The van der Waals surface area contributed by atoms with Crippen molar-refractivity contribution in [2.75, 3.05) is 13.3 Å². The van der Waals surface area contributed by atoms with Gasteiger partial charge < -0.3 is 20.1 Å². The average Bonchev–Trinajstić information content (AvgIpc) is 3.10. The van der Waals surface area contributed by atoms with Gasteiger partial charge in [-0.2, -0.15) is 0 Å². The molecule has 0 saturated carbocycles. The molecular formula is C17H21N3O5. The lowest BCUT2D eigenvalue weighted by Gasteiger charge is -2.24. The summed E-state index contributed by atoms with van der Waals surface area (Å²) in [6, 6.07) is 3.96. The van der Waals surface area contributed by atoms with Gasteiger partial charge in [-0.1, -0.05) is 6.07 Å². The predicted molar refractivity (Wildman–Crippen MR) is 88.2 cm³/mol. The number of hydrogen-bond acceptors (Lipinski definition) is 5. The predicted octanol–water partition coefficient (Wildman–Crippen LogP) is 0.793. The van der Waals surface area contributed by atoms with Crippen LogP contribution in [0.5, 0.6) is 11.5 Å². The highest BCUT2D eigenvalue weighted by Crippen LogP contribution is 2.34. The van der Waals surface area contributed by atoms with Crippen LogP contribution in [-0.4, -0.2) is 47.7 Å². The van der Waals surface area contributed by atoms with Gasteiger partial charge in [0.05, 0.1) is 0 Å². The van der Waals surface area contributed by atoms with E-state index in [1.54, 1.807) is 26.0 Å². The largest absolute Gasteiger partial charge is 0.454 e. The lowest BCUT2D eigenvalue weighted by molar-refractivity contribution is -0.137. The van der Waals surface area contributed by atoms with Gasteiger partial charge in [0.15, 0.2) is 11.5 Å². The van der Waals surface area contributed by atoms with Crippen molar-refractivity contribution in [1.82, 2.24) is 15.5 Å². The van der Waals surface area contributed by atoms with Gasteiger partial charge in [0.1, 0.15) is 11.6 Å². The Bertz CT molecular complexity index is 735. The summed E-state index contributed by atoms with van der Waals surface area (Å²) in [6.07, 6.45) is 0.285. The highest BCUT2D eigenvalue weighted by Gasteiger charge is 2.50. The maximum absolute atomic E-state index is 12.8. The molecule has 4 amide bonds. The first-order valence-corrected chi connectivity index (χ1v) is 8.18. The van der Waals surface area contributed by atoms with Gasteiger partial charge in [0.25, 0.3) is 5.91 Å². The van der Waals surface area contributed by atoms with Crippen LogP contribution in [0.4, 0.5) is 4.79 Å². The molecule has 1 fully saturated rings. The minimum Gasteiger partial charge on any atom is -0.454 e. The van der Waals surface area contributed by atoms with Gasteiger partial charge in [0, 0.05) is 13.0 Å². The van der Waals surface area contributed by atoms with Crippen LogP contribution in [0.15, 0.2) is 18.2 Å². The summed E-state index contributed by atoms with van der Waals surface area (Å²) < 4.78 is 10.6. The molecule has 8 heteroatoms. The Balaban J connectivity index is 1.79. The van der Waals surface area contributed by atoms with Crippen LogP contribution < -0.4 is 20.1 Å². The third kappa shape index (κ3) is 2.99. The summed E-state index contributed by atoms with van der Waals surface area (Å²) in [5, 5.41) is 5.33. The van der Waals surface area contributed by atoms with Gasteiger partial charge in [0.2, 0.25) is 12.7 Å². The lowest BCUT2D eigenvalue weighted by atomic mass is 9.92. The Morgan fingerprint density at radius 2 is 2.08 bits per heavy atom. The number of likely N-dealkylation sites (N-methyl/N-ethyl adjacent to an activating group) is 1. The number of hydrogen-bond donors (Lipinski definition) is 2.